The molecule has 3 N–H and O–H groups in total. The fraction of sp³-hybridized carbons (Fsp3) is 1.00. The smallest absolute Gasteiger partial charge is 0.0824 e. The summed E-state index contributed by atoms with van der Waals surface area (Å²) in [6.45, 7) is 4.66. The molecule has 0 radical (unpaired) electrons. The minimum absolute atomic E-state index is 0.264. The lowest BCUT2D eigenvalue weighted by Gasteiger charge is -2.32. The lowest BCUT2D eigenvalue weighted by atomic mass is 9.86. The van der Waals surface area contributed by atoms with Crippen molar-refractivity contribution >= 4 is 0 Å². The van der Waals surface area contributed by atoms with Gasteiger partial charge in [0, 0.05) is 0 Å². The van der Waals surface area contributed by atoms with Crippen LogP contribution in [0, 0.1) is 5.92 Å². The van der Waals surface area contributed by atoms with Gasteiger partial charge in [-0.3, -0.25) is 0 Å². The van der Waals surface area contributed by atoms with E-state index in [2.05, 4.69) is 0 Å². The summed E-state index contributed by atoms with van der Waals surface area (Å²) < 4.78 is 5.72. The summed E-state index contributed by atoms with van der Waals surface area (Å²) >= 11 is 0. The summed E-state index contributed by atoms with van der Waals surface area (Å²) in [4.78, 5) is 0. The molecule has 0 heterocycles. The van der Waals surface area contributed by atoms with Crippen LogP contribution in [0.5, 0.6) is 0 Å². The molecule has 1 aliphatic carbocycles. The van der Waals surface area contributed by atoms with Gasteiger partial charge >= 0.3 is 0 Å². The number of hydrogen-bond donors (Lipinski definition) is 2. The molecule has 84 valence electrons. The second kappa shape index (κ2) is 5.10. The highest BCUT2D eigenvalue weighted by Crippen LogP contribution is 2.26. The molecule has 1 rings (SSSR count). The van der Waals surface area contributed by atoms with Crippen molar-refractivity contribution < 1.29 is 9.84 Å². The molecule has 14 heavy (non-hydrogen) atoms. The van der Waals surface area contributed by atoms with Crippen molar-refractivity contribution in [3.8, 4) is 0 Å². The minimum Gasteiger partial charge on any atom is -0.388 e. The van der Waals surface area contributed by atoms with E-state index in [0.29, 0.717) is 19.1 Å². The highest BCUT2D eigenvalue weighted by Gasteiger charge is 2.26. The van der Waals surface area contributed by atoms with E-state index in [-0.39, 0.29) is 6.10 Å². The zero-order chi connectivity index (χ0) is 10.6. The van der Waals surface area contributed by atoms with Crippen LogP contribution < -0.4 is 5.73 Å². The topological polar surface area (TPSA) is 55.5 Å². The maximum absolute atomic E-state index is 9.55. The normalized spacial score (nSPS) is 29.1. The van der Waals surface area contributed by atoms with E-state index in [1.807, 2.05) is 0 Å². The molecular formula is C11H23NO2. The van der Waals surface area contributed by atoms with Crippen LogP contribution in [0.2, 0.25) is 0 Å². The van der Waals surface area contributed by atoms with Gasteiger partial charge in [0.2, 0.25) is 0 Å². The molecule has 2 atom stereocenters. The maximum atomic E-state index is 9.55. The third-order valence-electron chi connectivity index (χ3n) is 2.79. The van der Waals surface area contributed by atoms with E-state index in [1.54, 1.807) is 13.8 Å². The van der Waals surface area contributed by atoms with Gasteiger partial charge in [-0.15, -0.1) is 0 Å². The molecule has 3 heteroatoms. The standard InChI is InChI=1S/C11H23NO2/c1-11(2,13)8-14-10-6-4-3-5-9(10)7-12/h9-10,13H,3-8,12H2,1-2H3. The lowest BCUT2D eigenvalue weighted by molar-refractivity contribution is -0.0796. The molecule has 0 aromatic rings. The number of ether oxygens (including phenoxy) is 1. The fourth-order valence-electron chi connectivity index (χ4n) is 1.97. The molecule has 0 spiro atoms. The first-order valence-corrected chi connectivity index (χ1v) is 5.57. The summed E-state index contributed by atoms with van der Waals surface area (Å²) in [5, 5.41) is 9.55. The van der Waals surface area contributed by atoms with E-state index in [9.17, 15) is 5.11 Å². The van der Waals surface area contributed by atoms with E-state index < -0.39 is 5.60 Å². The van der Waals surface area contributed by atoms with Crippen molar-refractivity contribution in [2.45, 2.75) is 51.2 Å². The van der Waals surface area contributed by atoms with Crippen LogP contribution in [0.3, 0.4) is 0 Å². The van der Waals surface area contributed by atoms with Gasteiger partial charge in [0.05, 0.1) is 18.3 Å². The predicted octanol–water partition coefficient (Wildman–Crippen LogP) is 1.29. The fourth-order valence-corrected chi connectivity index (χ4v) is 1.97. The third kappa shape index (κ3) is 3.95. The van der Waals surface area contributed by atoms with Crippen molar-refractivity contribution in [3.05, 3.63) is 0 Å². The molecule has 1 fully saturated rings. The van der Waals surface area contributed by atoms with Gasteiger partial charge in [0.25, 0.3) is 0 Å². The van der Waals surface area contributed by atoms with Gasteiger partial charge in [-0.05, 0) is 39.2 Å². The van der Waals surface area contributed by atoms with Gasteiger partial charge in [-0.25, -0.2) is 0 Å². The molecular weight excluding hydrogens is 178 g/mol. The van der Waals surface area contributed by atoms with E-state index in [0.717, 1.165) is 6.42 Å². The first-order chi connectivity index (χ1) is 6.53. The van der Waals surface area contributed by atoms with Gasteiger partial charge in [0.1, 0.15) is 0 Å². The SMILES string of the molecule is CC(C)(O)COC1CCCCC1CN. The molecule has 0 aromatic carbocycles. The largest absolute Gasteiger partial charge is 0.388 e. The van der Waals surface area contributed by atoms with Gasteiger partial charge < -0.3 is 15.6 Å². The Bertz CT molecular complexity index is 165. The van der Waals surface area contributed by atoms with Crippen molar-refractivity contribution in [2.75, 3.05) is 13.2 Å². The number of nitrogens with two attached hydrogens (primary N) is 1. The van der Waals surface area contributed by atoms with Crippen molar-refractivity contribution in [1.29, 1.82) is 0 Å². The Morgan fingerprint density at radius 2 is 2.00 bits per heavy atom. The molecule has 1 aliphatic rings. The highest BCUT2D eigenvalue weighted by molar-refractivity contribution is 4.77. The molecule has 0 saturated heterocycles. The summed E-state index contributed by atoms with van der Waals surface area (Å²) in [5.74, 6) is 0.492. The predicted molar refractivity (Wildman–Crippen MR) is 57.1 cm³/mol. The van der Waals surface area contributed by atoms with Gasteiger partial charge in [-0.1, -0.05) is 12.8 Å². The van der Waals surface area contributed by atoms with Crippen LogP contribution in [0.15, 0.2) is 0 Å². The quantitative estimate of drug-likeness (QED) is 0.720. The molecule has 1 saturated carbocycles. The van der Waals surface area contributed by atoms with Gasteiger partial charge in [-0.2, -0.15) is 0 Å². The monoisotopic (exact) mass is 201 g/mol. The van der Waals surface area contributed by atoms with Gasteiger partial charge in [0.15, 0.2) is 0 Å². The Morgan fingerprint density at radius 3 is 2.57 bits per heavy atom. The summed E-state index contributed by atoms with van der Waals surface area (Å²) in [5.41, 5.74) is 4.96. The Morgan fingerprint density at radius 1 is 1.36 bits per heavy atom. The number of hydrogen-bond acceptors (Lipinski definition) is 3. The van der Waals surface area contributed by atoms with Crippen molar-refractivity contribution in [1.82, 2.24) is 0 Å². The van der Waals surface area contributed by atoms with Crippen molar-refractivity contribution in [2.24, 2.45) is 11.7 Å². The third-order valence-corrected chi connectivity index (χ3v) is 2.79. The molecule has 0 bridgehead atoms. The number of aliphatic hydroxyl groups is 1. The molecule has 3 nitrogen and oxygen atoms in total. The average molecular weight is 201 g/mol. The van der Waals surface area contributed by atoms with Crippen LogP contribution in [-0.2, 0) is 4.74 Å². The molecule has 0 amide bonds. The van der Waals surface area contributed by atoms with Crippen LogP contribution in [0.1, 0.15) is 39.5 Å². The summed E-state index contributed by atoms with van der Waals surface area (Å²) in [7, 11) is 0. The Hall–Kier alpha value is -0.120. The first-order valence-electron chi connectivity index (χ1n) is 5.57. The van der Waals surface area contributed by atoms with Crippen molar-refractivity contribution in [3.63, 3.8) is 0 Å². The second-order valence-electron chi connectivity index (χ2n) is 4.94. The molecule has 2 unspecified atom stereocenters. The number of rotatable bonds is 4. The summed E-state index contributed by atoms with van der Waals surface area (Å²) in [6.07, 6.45) is 5.03. The van der Waals surface area contributed by atoms with E-state index in [4.69, 9.17) is 10.5 Å². The second-order valence-corrected chi connectivity index (χ2v) is 4.94. The Kier molecular flexibility index (Phi) is 4.35. The zero-order valence-electron chi connectivity index (χ0n) is 9.33. The lowest BCUT2D eigenvalue weighted by Crippen LogP contribution is -2.37. The van der Waals surface area contributed by atoms with Crippen LogP contribution in [0.25, 0.3) is 0 Å². The Balaban J connectivity index is 2.33. The first kappa shape index (κ1) is 12.0. The zero-order valence-corrected chi connectivity index (χ0v) is 9.33. The molecule has 0 aliphatic heterocycles. The van der Waals surface area contributed by atoms with E-state index in [1.165, 1.54) is 19.3 Å². The minimum atomic E-state index is -0.726. The highest BCUT2D eigenvalue weighted by atomic mass is 16.5. The maximum Gasteiger partial charge on any atom is 0.0824 e. The Labute approximate surface area is 86.6 Å². The van der Waals surface area contributed by atoms with E-state index >= 15 is 0 Å². The average Bonchev–Trinajstić information content (AvgIpc) is 2.14. The summed E-state index contributed by atoms with van der Waals surface area (Å²) in [6, 6.07) is 0. The molecule has 0 aromatic heterocycles. The van der Waals surface area contributed by atoms with Crippen LogP contribution in [-0.4, -0.2) is 30.0 Å². The van der Waals surface area contributed by atoms with Crippen LogP contribution >= 0.6 is 0 Å². The van der Waals surface area contributed by atoms with Crippen LogP contribution in [0.4, 0.5) is 0 Å².